The lowest BCUT2D eigenvalue weighted by molar-refractivity contribution is -0.137. The van der Waals surface area contributed by atoms with Gasteiger partial charge < -0.3 is 9.84 Å². The summed E-state index contributed by atoms with van der Waals surface area (Å²) < 4.78 is 5.32. The minimum atomic E-state index is -0.804. The normalized spacial score (nSPS) is 11.8. The first-order chi connectivity index (χ1) is 9.70. The van der Waals surface area contributed by atoms with Gasteiger partial charge in [-0.05, 0) is 17.7 Å². The summed E-state index contributed by atoms with van der Waals surface area (Å²) in [6.45, 7) is 0. The van der Waals surface area contributed by atoms with Crippen molar-refractivity contribution in [2.24, 2.45) is 0 Å². The Kier molecular flexibility index (Phi) is 5.07. The number of benzene rings is 2. The number of hydrogen-bond acceptors (Lipinski definition) is 3. The molecule has 1 unspecified atom stereocenters. The first kappa shape index (κ1) is 14.5. The summed E-state index contributed by atoms with van der Waals surface area (Å²) in [5, 5.41) is 8.97. The number of carboxylic acids is 1. The van der Waals surface area contributed by atoms with E-state index >= 15 is 0 Å². The summed E-state index contributed by atoms with van der Waals surface area (Å²) in [5.41, 5.74) is 1.01. The monoisotopic (exact) mass is 288 g/mol. The molecule has 20 heavy (non-hydrogen) atoms. The zero-order valence-corrected chi connectivity index (χ0v) is 12.0. The van der Waals surface area contributed by atoms with Crippen LogP contribution in [0.5, 0.6) is 5.75 Å². The van der Waals surface area contributed by atoms with Crippen LogP contribution in [0.15, 0.2) is 59.5 Å². The summed E-state index contributed by atoms with van der Waals surface area (Å²) in [6.07, 6.45) is 0.0761. The third-order valence-electron chi connectivity index (χ3n) is 2.87. The molecular formula is C16H16O3S. The van der Waals surface area contributed by atoms with Gasteiger partial charge in [0.05, 0.1) is 13.5 Å². The summed E-state index contributed by atoms with van der Waals surface area (Å²) in [7, 11) is 1.62. The van der Waals surface area contributed by atoms with E-state index in [2.05, 4.69) is 0 Å². The molecule has 0 spiro atoms. The van der Waals surface area contributed by atoms with Crippen LogP contribution in [0.2, 0.25) is 0 Å². The van der Waals surface area contributed by atoms with Crippen LogP contribution < -0.4 is 4.74 Å². The molecule has 0 heterocycles. The summed E-state index contributed by atoms with van der Waals surface area (Å²) in [5.74, 6) is -0.0370. The lowest BCUT2D eigenvalue weighted by Crippen LogP contribution is -2.03. The SMILES string of the molecule is COc1ccccc1SC(CC(=O)O)c1ccccc1. The molecular weight excluding hydrogens is 272 g/mol. The van der Waals surface area contributed by atoms with Crippen molar-refractivity contribution in [1.29, 1.82) is 0 Å². The zero-order chi connectivity index (χ0) is 14.4. The highest BCUT2D eigenvalue weighted by Crippen LogP contribution is 2.41. The molecule has 2 aromatic carbocycles. The van der Waals surface area contributed by atoms with Crippen molar-refractivity contribution in [2.75, 3.05) is 7.11 Å². The van der Waals surface area contributed by atoms with Gasteiger partial charge in [0.1, 0.15) is 5.75 Å². The third-order valence-corrected chi connectivity index (χ3v) is 4.18. The number of carboxylic acid groups (broad SMARTS) is 1. The van der Waals surface area contributed by atoms with E-state index in [-0.39, 0.29) is 11.7 Å². The van der Waals surface area contributed by atoms with Crippen LogP contribution in [-0.4, -0.2) is 18.2 Å². The Morgan fingerprint density at radius 3 is 2.45 bits per heavy atom. The van der Waals surface area contributed by atoms with Crippen LogP contribution in [0.4, 0.5) is 0 Å². The smallest absolute Gasteiger partial charge is 0.304 e. The number of para-hydroxylation sites is 1. The van der Waals surface area contributed by atoms with Crippen molar-refractivity contribution in [3.8, 4) is 5.75 Å². The van der Waals surface area contributed by atoms with Crippen LogP contribution >= 0.6 is 11.8 Å². The quantitative estimate of drug-likeness (QED) is 0.816. The molecule has 0 saturated carbocycles. The van der Waals surface area contributed by atoms with E-state index in [9.17, 15) is 4.79 Å². The van der Waals surface area contributed by atoms with E-state index < -0.39 is 5.97 Å². The van der Waals surface area contributed by atoms with Crippen molar-refractivity contribution in [3.63, 3.8) is 0 Å². The molecule has 104 valence electrons. The number of rotatable bonds is 6. The molecule has 3 nitrogen and oxygen atoms in total. The fourth-order valence-electron chi connectivity index (χ4n) is 1.92. The average molecular weight is 288 g/mol. The molecule has 0 aromatic heterocycles. The highest BCUT2D eigenvalue weighted by atomic mass is 32.2. The van der Waals surface area contributed by atoms with Crippen molar-refractivity contribution >= 4 is 17.7 Å². The lowest BCUT2D eigenvalue weighted by atomic mass is 10.1. The standard InChI is InChI=1S/C16H16O3S/c1-19-13-9-5-6-10-14(13)20-15(11-16(17)18)12-7-3-2-4-8-12/h2-10,15H,11H2,1H3,(H,17,18). The molecule has 0 bridgehead atoms. The van der Waals surface area contributed by atoms with Gasteiger partial charge in [0, 0.05) is 10.1 Å². The molecule has 1 atom stereocenters. The Labute approximate surface area is 122 Å². The molecule has 1 N–H and O–H groups in total. The largest absolute Gasteiger partial charge is 0.496 e. The molecule has 4 heteroatoms. The van der Waals surface area contributed by atoms with E-state index in [4.69, 9.17) is 9.84 Å². The summed E-state index contributed by atoms with van der Waals surface area (Å²) in [4.78, 5) is 12.0. The average Bonchev–Trinajstić information content (AvgIpc) is 2.47. The number of ether oxygens (including phenoxy) is 1. The second-order valence-electron chi connectivity index (χ2n) is 4.27. The molecule has 0 aliphatic rings. The second kappa shape index (κ2) is 7.01. The molecule has 0 aliphatic heterocycles. The van der Waals surface area contributed by atoms with E-state index in [1.807, 2.05) is 54.6 Å². The number of thioether (sulfide) groups is 1. The van der Waals surface area contributed by atoms with Crippen LogP contribution in [-0.2, 0) is 4.79 Å². The van der Waals surface area contributed by atoms with Gasteiger partial charge in [-0.2, -0.15) is 0 Å². The molecule has 0 radical (unpaired) electrons. The number of methoxy groups -OCH3 is 1. The van der Waals surface area contributed by atoms with Crippen LogP contribution in [0.3, 0.4) is 0 Å². The Morgan fingerprint density at radius 1 is 1.15 bits per heavy atom. The number of hydrogen-bond donors (Lipinski definition) is 1. The predicted octanol–water partition coefficient (Wildman–Crippen LogP) is 4.00. The summed E-state index contributed by atoms with van der Waals surface area (Å²) in [6, 6.07) is 17.3. The van der Waals surface area contributed by atoms with Crippen LogP contribution in [0.25, 0.3) is 0 Å². The highest BCUT2D eigenvalue weighted by molar-refractivity contribution is 7.99. The van der Waals surface area contributed by atoms with Gasteiger partial charge in [0.2, 0.25) is 0 Å². The van der Waals surface area contributed by atoms with E-state index in [0.29, 0.717) is 0 Å². The Hall–Kier alpha value is -1.94. The van der Waals surface area contributed by atoms with Crippen molar-refractivity contribution in [2.45, 2.75) is 16.6 Å². The first-order valence-corrected chi connectivity index (χ1v) is 7.15. The maximum Gasteiger partial charge on any atom is 0.304 e. The van der Waals surface area contributed by atoms with Crippen molar-refractivity contribution in [1.82, 2.24) is 0 Å². The van der Waals surface area contributed by atoms with Gasteiger partial charge in [-0.1, -0.05) is 42.5 Å². The maximum absolute atomic E-state index is 11.1. The van der Waals surface area contributed by atoms with Gasteiger partial charge in [-0.25, -0.2) is 0 Å². The van der Waals surface area contributed by atoms with Crippen LogP contribution in [0, 0.1) is 0 Å². The van der Waals surface area contributed by atoms with E-state index in [1.54, 1.807) is 7.11 Å². The number of carbonyl (C=O) groups is 1. The molecule has 2 rings (SSSR count). The van der Waals surface area contributed by atoms with Gasteiger partial charge >= 0.3 is 5.97 Å². The van der Waals surface area contributed by atoms with Gasteiger partial charge in [0.25, 0.3) is 0 Å². The minimum absolute atomic E-state index is 0.0761. The van der Waals surface area contributed by atoms with Crippen LogP contribution in [0.1, 0.15) is 17.2 Å². The molecule has 0 saturated heterocycles. The lowest BCUT2D eigenvalue weighted by Gasteiger charge is -2.16. The molecule has 0 aliphatic carbocycles. The number of aliphatic carboxylic acids is 1. The van der Waals surface area contributed by atoms with Crippen molar-refractivity contribution < 1.29 is 14.6 Å². The third kappa shape index (κ3) is 3.78. The maximum atomic E-state index is 11.1. The highest BCUT2D eigenvalue weighted by Gasteiger charge is 2.18. The minimum Gasteiger partial charge on any atom is -0.496 e. The van der Waals surface area contributed by atoms with Gasteiger partial charge in [-0.15, -0.1) is 11.8 Å². The topological polar surface area (TPSA) is 46.5 Å². The Bertz CT molecular complexity index is 569. The van der Waals surface area contributed by atoms with E-state index in [0.717, 1.165) is 16.2 Å². The predicted molar refractivity (Wildman–Crippen MR) is 80.3 cm³/mol. The first-order valence-electron chi connectivity index (χ1n) is 6.27. The Balaban J connectivity index is 2.26. The second-order valence-corrected chi connectivity index (χ2v) is 5.51. The molecule has 0 amide bonds. The van der Waals surface area contributed by atoms with Gasteiger partial charge in [-0.3, -0.25) is 4.79 Å². The molecule has 0 fully saturated rings. The van der Waals surface area contributed by atoms with Crippen molar-refractivity contribution in [3.05, 3.63) is 60.2 Å². The Morgan fingerprint density at radius 2 is 1.80 bits per heavy atom. The zero-order valence-electron chi connectivity index (χ0n) is 11.2. The van der Waals surface area contributed by atoms with Gasteiger partial charge in [0.15, 0.2) is 0 Å². The summed E-state index contributed by atoms with van der Waals surface area (Å²) >= 11 is 1.52. The van der Waals surface area contributed by atoms with E-state index in [1.165, 1.54) is 11.8 Å². The fraction of sp³-hybridized carbons (Fsp3) is 0.188. The molecule has 2 aromatic rings. The fourth-order valence-corrected chi connectivity index (χ4v) is 3.17.